The molecule has 5 aromatic carbocycles. The van der Waals surface area contributed by atoms with Crippen molar-refractivity contribution < 1.29 is 33.2 Å². The molecule has 0 unspecified atom stereocenters. The van der Waals surface area contributed by atoms with Gasteiger partial charge in [0.2, 0.25) is 0 Å². The van der Waals surface area contributed by atoms with Crippen LogP contribution in [0.5, 0.6) is 11.5 Å². The lowest BCUT2D eigenvalue weighted by Gasteiger charge is -2.47. The van der Waals surface area contributed by atoms with Crippen LogP contribution in [0.3, 0.4) is 0 Å². The summed E-state index contributed by atoms with van der Waals surface area (Å²) in [4.78, 5) is 0. The van der Waals surface area contributed by atoms with Gasteiger partial charge in [0.25, 0.3) is 0 Å². The molecule has 5 aromatic rings. The first-order valence-electron chi connectivity index (χ1n) is 20.1. The van der Waals surface area contributed by atoms with Crippen LogP contribution in [0.4, 0.5) is 0 Å². The monoisotopic (exact) mass is 786 g/mol. The molecular weight excluding hydrogens is 736 g/mol. The molecule has 0 amide bonds. The third kappa shape index (κ3) is 9.98. The minimum atomic E-state index is -0.611. The van der Waals surface area contributed by atoms with E-state index in [1.807, 2.05) is 79.7 Å². The van der Waals surface area contributed by atoms with E-state index >= 15 is 0 Å². The molecule has 3 aliphatic rings. The van der Waals surface area contributed by atoms with Crippen LogP contribution in [0.1, 0.15) is 52.8 Å². The zero-order valence-electron chi connectivity index (χ0n) is 32.4. The molecule has 57 heavy (non-hydrogen) atoms. The molecule has 0 aromatic heterocycles. The maximum atomic E-state index is 7.26. The Labute approximate surface area is 341 Å². The molecule has 2 aliphatic heterocycles. The first kappa shape index (κ1) is 39.4. The van der Waals surface area contributed by atoms with Crippen molar-refractivity contribution in [2.75, 3.05) is 26.4 Å². The summed E-state index contributed by atoms with van der Waals surface area (Å²) >= 11 is 7.15. The second-order valence-electron chi connectivity index (χ2n) is 15.1. The van der Waals surface area contributed by atoms with Crippen LogP contribution < -0.4 is 9.47 Å². The number of allylic oxidation sites excluding steroid dienone is 1. The van der Waals surface area contributed by atoms with E-state index in [0.29, 0.717) is 63.4 Å². The molecule has 0 saturated carbocycles. The van der Waals surface area contributed by atoms with Gasteiger partial charge in [0.05, 0.1) is 46.2 Å². The molecule has 8 rings (SSSR count). The normalized spacial score (nSPS) is 24.4. The van der Waals surface area contributed by atoms with Gasteiger partial charge in [-0.05, 0) is 77.8 Å². The Kier molecular flexibility index (Phi) is 13.3. The Morgan fingerprint density at radius 1 is 0.649 bits per heavy atom. The number of hydrogen-bond acceptors (Lipinski definition) is 7. The summed E-state index contributed by atoms with van der Waals surface area (Å²) in [6.07, 6.45) is 3.26. The zero-order chi connectivity index (χ0) is 38.8. The molecule has 2 bridgehead atoms. The third-order valence-corrected chi connectivity index (χ3v) is 11.4. The summed E-state index contributed by atoms with van der Waals surface area (Å²) in [5.74, 6) is 2.01. The van der Waals surface area contributed by atoms with Crippen LogP contribution in [0.15, 0.2) is 140 Å². The second kappa shape index (κ2) is 19.3. The first-order valence-corrected chi connectivity index (χ1v) is 20.5. The van der Waals surface area contributed by atoms with E-state index < -0.39 is 30.5 Å². The Morgan fingerprint density at radius 2 is 1.26 bits per heavy atom. The van der Waals surface area contributed by atoms with E-state index in [-0.39, 0.29) is 11.8 Å². The molecule has 2 heterocycles. The molecule has 0 radical (unpaired) electrons. The predicted octanol–water partition coefficient (Wildman–Crippen LogP) is 10.1. The number of rotatable bonds is 13. The summed E-state index contributed by atoms with van der Waals surface area (Å²) in [5, 5.41) is 0.631. The SMILES string of the molecule is CCOc1ccc(Cc2cc3c(cc2Cl)OC[C@H]2C=CC[C@H]2COC[C@H]2O[C@@H]3[C@H](OCc3ccccc3)[C@@H](OCc3ccccc3)[C@@H]2OCc2ccccc2)cc1. The van der Waals surface area contributed by atoms with E-state index in [0.717, 1.165) is 45.6 Å². The Morgan fingerprint density at radius 3 is 1.89 bits per heavy atom. The van der Waals surface area contributed by atoms with Crippen LogP contribution in [-0.4, -0.2) is 50.8 Å². The highest BCUT2D eigenvalue weighted by Crippen LogP contribution is 2.44. The van der Waals surface area contributed by atoms with E-state index in [9.17, 15) is 0 Å². The van der Waals surface area contributed by atoms with Gasteiger partial charge in [-0.1, -0.05) is 127 Å². The van der Waals surface area contributed by atoms with E-state index in [1.165, 1.54) is 0 Å². The third-order valence-electron chi connectivity index (χ3n) is 11.1. The minimum absolute atomic E-state index is 0.206. The first-order chi connectivity index (χ1) is 28.1. The fraction of sp³-hybridized carbons (Fsp3) is 0.347. The van der Waals surface area contributed by atoms with Crippen LogP contribution in [0.2, 0.25) is 5.02 Å². The highest BCUT2D eigenvalue weighted by atomic mass is 35.5. The maximum absolute atomic E-state index is 7.26. The van der Waals surface area contributed by atoms with Gasteiger partial charge in [0.15, 0.2) is 0 Å². The van der Waals surface area contributed by atoms with Gasteiger partial charge in [0, 0.05) is 16.5 Å². The lowest BCUT2D eigenvalue weighted by Crippen LogP contribution is -2.58. The van der Waals surface area contributed by atoms with Gasteiger partial charge < -0.3 is 33.2 Å². The van der Waals surface area contributed by atoms with Crippen LogP contribution in [0.25, 0.3) is 0 Å². The highest BCUT2D eigenvalue weighted by Gasteiger charge is 2.50. The van der Waals surface area contributed by atoms with Gasteiger partial charge >= 0.3 is 0 Å². The zero-order valence-corrected chi connectivity index (χ0v) is 33.2. The fourth-order valence-corrected chi connectivity index (χ4v) is 8.25. The van der Waals surface area contributed by atoms with E-state index in [4.69, 9.17) is 44.8 Å². The van der Waals surface area contributed by atoms with Crippen molar-refractivity contribution in [1.82, 2.24) is 0 Å². The number of fused-ring (bicyclic) bond motifs is 5. The molecule has 7 atom stereocenters. The van der Waals surface area contributed by atoms with Gasteiger partial charge in [-0.15, -0.1) is 0 Å². The molecule has 0 spiro atoms. The molecule has 1 saturated heterocycles. The largest absolute Gasteiger partial charge is 0.494 e. The Hall–Kier alpha value is -4.47. The molecule has 296 valence electrons. The number of halogens is 1. The molecular formula is C49H51ClO7. The fourth-order valence-electron chi connectivity index (χ4n) is 8.03. The maximum Gasteiger partial charge on any atom is 0.126 e. The van der Waals surface area contributed by atoms with Crippen LogP contribution >= 0.6 is 11.6 Å². The highest BCUT2D eigenvalue weighted by molar-refractivity contribution is 6.31. The van der Waals surface area contributed by atoms with Crippen molar-refractivity contribution in [1.29, 1.82) is 0 Å². The standard InChI is InChI=1S/C49H51ClO7/c1-2-52-41-23-21-34(22-24-41)25-40-26-42-44(27-43(40)50)53-32-39-20-12-19-38(39)31-51-33-45-47(54-28-35-13-6-3-7-14-35)49(56-30-37-17-10-5-11-18-37)48(46(42)57-45)55-29-36-15-8-4-9-16-36/h3-18,20-24,26-27,38-39,45-49H,2,19,25,28-33H2,1H3/t38-,39+,45+,46-,47+,48-,49-/m0/s1. The van der Waals surface area contributed by atoms with Gasteiger partial charge in [-0.2, -0.15) is 0 Å². The minimum Gasteiger partial charge on any atom is -0.494 e. The van der Waals surface area contributed by atoms with Gasteiger partial charge in [-0.25, -0.2) is 0 Å². The second-order valence-corrected chi connectivity index (χ2v) is 15.5. The lowest BCUT2D eigenvalue weighted by atomic mass is 9.88. The number of benzene rings is 5. The van der Waals surface area contributed by atoms with Crippen LogP contribution in [-0.2, 0) is 49.9 Å². The Balaban J connectivity index is 1.22. The van der Waals surface area contributed by atoms with Crippen LogP contribution in [0, 0.1) is 11.8 Å². The predicted molar refractivity (Wildman–Crippen MR) is 222 cm³/mol. The van der Waals surface area contributed by atoms with Crippen molar-refractivity contribution in [2.24, 2.45) is 11.8 Å². The lowest BCUT2D eigenvalue weighted by molar-refractivity contribution is -0.275. The van der Waals surface area contributed by atoms with Crippen molar-refractivity contribution in [3.8, 4) is 11.5 Å². The Bertz CT molecular complexity index is 2020. The summed E-state index contributed by atoms with van der Waals surface area (Å²) in [7, 11) is 0. The van der Waals surface area contributed by atoms with Crippen molar-refractivity contribution in [2.45, 2.75) is 70.1 Å². The summed E-state index contributed by atoms with van der Waals surface area (Å²) in [5.41, 5.74) is 6.08. The number of ether oxygens (including phenoxy) is 7. The van der Waals surface area contributed by atoms with Crippen molar-refractivity contribution in [3.05, 3.63) is 178 Å². The molecule has 8 heteroatoms. The van der Waals surface area contributed by atoms with E-state index in [2.05, 4.69) is 66.7 Å². The molecule has 1 fully saturated rings. The summed E-state index contributed by atoms with van der Waals surface area (Å²) in [6, 6.07) is 42.9. The number of hydrogen-bond donors (Lipinski definition) is 0. The van der Waals surface area contributed by atoms with Crippen molar-refractivity contribution in [3.63, 3.8) is 0 Å². The smallest absolute Gasteiger partial charge is 0.126 e. The van der Waals surface area contributed by atoms with E-state index in [1.54, 1.807) is 0 Å². The topological polar surface area (TPSA) is 64.6 Å². The van der Waals surface area contributed by atoms with Crippen molar-refractivity contribution >= 4 is 11.6 Å². The average molecular weight is 787 g/mol. The molecule has 0 N–H and O–H groups in total. The summed E-state index contributed by atoms with van der Waals surface area (Å²) in [6.45, 7) is 5.10. The average Bonchev–Trinajstić information content (AvgIpc) is 3.70. The molecule has 7 nitrogen and oxygen atoms in total. The quantitative estimate of drug-likeness (QED) is 0.110. The summed E-state index contributed by atoms with van der Waals surface area (Å²) < 4.78 is 47.3. The molecule has 1 aliphatic carbocycles. The van der Waals surface area contributed by atoms with Gasteiger partial charge in [-0.3, -0.25) is 0 Å². The van der Waals surface area contributed by atoms with Gasteiger partial charge in [0.1, 0.15) is 42.0 Å².